The lowest BCUT2D eigenvalue weighted by atomic mass is 9.43. The van der Waals surface area contributed by atoms with Gasteiger partial charge in [0.1, 0.15) is 5.69 Å². The molecule has 5 aliphatic carbocycles. The topological polar surface area (TPSA) is 51.6 Å². The van der Waals surface area contributed by atoms with Crippen molar-refractivity contribution in [3.8, 4) is 45.4 Å². The SMILES string of the molecule is c1ccc(-c2nc(-c3ccc4c(n3)C3(c5ccccc5-4)C4CC5CC(C4)CC3C5)nc(-c3cccc4ccccc34)n2)cc1. The number of nitrogens with zero attached hydrogens (tertiary/aromatic N) is 4. The first-order valence-electron chi connectivity index (χ1n) is 16.2. The van der Waals surface area contributed by atoms with Gasteiger partial charge in [0.25, 0.3) is 0 Å². The highest BCUT2D eigenvalue weighted by atomic mass is 15.0. The summed E-state index contributed by atoms with van der Waals surface area (Å²) in [6.45, 7) is 0. The Balaban J connectivity index is 1.19. The summed E-state index contributed by atoms with van der Waals surface area (Å²) in [7, 11) is 0. The van der Waals surface area contributed by atoms with Gasteiger partial charge in [-0.05, 0) is 83.7 Å². The second-order valence-corrected chi connectivity index (χ2v) is 13.5. The minimum absolute atomic E-state index is 0.00308. The van der Waals surface area contributed by atoms with Crippen molar-refractivity contribution in [2.75, 3.05) is 0 Å². The molecule has 44 heavy (non-hydrogen) atoms. The summed E-state index contributed by atoms with van der Waals surface area (Å²) in [4.78, 5) is 20.9. The number of rotatable bonds is 3. The van der Waals surface area contributed by atoms with E-state index in [1.807, 2.05) is 18.2 Å². The van der Waals surface area contributed by atoms with Gasteiger partial charge in [0.15, 0.2) is 17.5 Å². The number of pyridine rings is 1. The van der Waals surface area contributed by atoms with E-state index in [2.05, 4.69) is 91.0 Å². The lowest BCUT2D eigenvalue weighted by Crippen LogP contribution is -2.55. The van der Waals surface area contributed by atoms with Gasteiger partial charge in [0, 0.05) is 22.1 Å². The molecule has 6 aromatic rings. The second kappa shape index (κ2) is 9.15. The summed E-state index contributed by atoms with van der Waals surface area (Å²) in [6.07, 6.45) is 6.78. The van der Waals surface area contributed by atoms with Gasteiger partial charge < -0.3 is 0 Å². The standard InChI is InChI=1S/C40H32N4/c1-2-10-27(11-3-1)37-42-38(33-15-8-12-26-9-4-5-13-30(26)33)44-39(43-37)35-18-17-32-31-14-6-7-16-34(31)40(36(32)41-35)28-20-24-19-25(22-28)23-29(40)21-24/h1-18,24-25,28-29H,19-23H2. The van der Waals surface area contributed by atoms with Crippen molar-refractivity contribution in [2.45, 2.75) is 37.5 Å². The monoisotopic (exact) mass is 568 g/mol. The Morgan fingerprint density at radius 2 is 1.14 bits per heavy atom. The number of benzene rings is 4. The van der Waals surface area contributed by atoms with E-state index < -0.39 is 0 Å². The molecule has 4 nitrogen and oxygen atoms in total. The van der Waals surface area contributed by atoms with Crippen molar-refractivity contribution in [3.05, 3.63) is 120 Å². The molecule has 0 N–H and O–H groups in total. The highest BCUT2D eigenvalue weighted by Gasteiger charge is 2.62. The normalized spacial score (nSPS) is 25.8. The van der Waals surface area contributed by atoms with Crippen LogP contribution in [0.4, 0.5) is 0 Å². The number of aromatic nitrogens is 4. The minimum Gasteiger partial charge on any atom is -0.248 e. The largest absolute Gasteiger partial charge is 0.248 e. The second-order valence-electron chi connectivity index (χ2n) is 13.5. The Bertz CT molecular complexity index is 2070. The Labute approximate surface area is 257 Å². The number of hydrogen-bond donors (Lipinski definition) is 0. The van der Waals surface area contributed by atoms with Crippen molar-refractivity contribution in [3.63, 3.8) is 0 Å². The molecule has 212 valence electrons. The molecular formula is C40H32N4. The predicted octanol–water partition coefficient (Wildman–Crippen LogP) is 9.14. The average molecular weight is 569 g/mol. The van der Waals surface area contributed by atoms with Crippen LogP contribution in [0.2, 0.25) is 0 Å². The van der Waals surface area contributed by atoms with Gasteiger partial charge in [-0.3, -0.25) is 0 Å². The van der Waals surface area contributed by atoms with Crippen molar-refractivity contribution >= 4 is 10.8 Å². The summed E-state index contributed by atoms with van der Waals surface area (Å²) in [5.41, 5.74) is 8.31. The molecule has 11 rings (SSSR count). The van der Waals surface area contributed by atoms with E-state index in [-0.39, 0.29) is 5.41 Å². The minimum atomic E-state index is 0.00308. The van der Waals surface area contributed by atoms with Crippen molar-refractivity contribution in [2.24, 2.45) is 23.7 Å². The van der Waals surface area contributed by atoms with Crippen LogP contribution in [0.15, 0.2) is 109 Å². The van der Waals surface area contributed by atoms with Crippen LogP contribution in [0.1, 0.15) is 43.4 Å². The Hall–Kier alpha value is -4.70. The van der Waals surface area contributed by atoms with Crippen LogP contribution < -0.4 is 0 Å². The van der Waals surface area contributed by atoms with Gasteiger partial charge in [-0.2, -0.15) is 0 Å². The molecule has 0 aliphatic heterocycles. The molecule has 4 heteroatoms. The first-order chi connectivity index (χ1) is 21.8. The van der Waals surface area contributed by atoms with Gasteiger partial charge in [-0.15, -0.1) is 0 Å². The molecule has 4 saturated carbocycles. The fourth-order valence-electron chi connectivity index (χ4n) is 9.82. The molecule has 4 fully saturated rings. The third-order valence-electron chi connectivity index (χ3n) is 11.3. The molecule has 0 atom stereocenters. The van der Waals surface area contributed by atoms with Crippen LogP contribution in [0, 0.1) is 23.7 Å². The van der Waals surface area contributed by atoms with E-state index in [0.29, 0.717) is 29.3 Å². The van der Waals surface area contributed by atoms with Crippen molar-refractivity contribution in [1.29, 1.82) is 0 Å². The number of fused-ring (bicyclic) bond motifs is 4. The van der Waals surface area contributed by atoms with Crippen molar-refractivity contribution in [1.82, 2.24) is 19.9 Å². The zero-order valence-electron chi connectivity index (χ0n) is 24.5. The van der Waals surface area contributed by atoms with E-state index in [4.69, 9.17) is 19.9 Å². The van der Waals surface area contributed by atoms with Crippen LogP contribution in [0.3, 0.4) is 0 Å². The third kappa shape index (κ3) is 3.40. The first kappa shape index (κ1) is 24.7. The Morgan fingerprint density at radius 1 is 0.477 bits per heavy atom. The zero-order chi connectivity index (χ0) is 28.8. The van der Waals surface area contributed by atoms with E-state index in [1.165, 1.54) is 59.9 Å². The maximum Gasteiger partial charge on any atom is 0.182 e. The first-order valence-corrected chi connectivity index (χ1v) is 16.2. The predicted molar refractivity (Wildman–Crippen MR) is 175 cm³/mol. The Morgan fingerprint density at radius 3 is 1.98 bits per heavy atom. The molecule has 1 spiro atoms. The molecule has 0 saturated heterocycles. The quantitative estimate of drug-likeness (QED) is 0.214. The molecule has 0 amide bonds. The molecule has 0 unspecified atom stereocenters. The lowest BCUT2D eigenvalue weighted by Gasteiger charge is -2.60. The van der Waals surface area contributed by atoms with Crippen LogP contribution in [-0.2, 0) is 5.41 Å². The summed E-state index contributed by atoms with van der Waals surface area (Å²) in [5.74, 6) is 5.10. The van der Waals surface area contributed by atoms with Crippen molar-refractivity contribution < 1.29 is 0 Å². The van der Waals surface area contributed by atoms with Gasteiger partial charge in [0.05, 0.1) is 5.69 Å². The van der Waals surface area contributed by atoms with Gasteiger partial charge in [-0.1, -0.05) is 103 Å². The maximum atomic E-state index is 5.62. The third-order valence-corrected chi connectivity index (χ3v) is 11.3. The number of hydrogen-bond acceptors (Lipinski definition) is 4. The summed E-state index contributed by atoms with van der Waals surface area (Å²) in [5, 5.41) is 2.31. The van der Waals surface area contributed by atoms with Gasteiger partial charge >= 0.3 is 0 Å². The van der Waals surface area contributed by atoms with Crippen LogP contribution in [0.25, 0.3) is 56.2 Å². The molecule has 4 bridgehead atoms. The van der Waals surface area contributed by atoms with Crippen LogP contribution >= 0.6 is 0 Å². The van der Waals surface area contributed by atoms with Crippen LogP contribution in [0.5, 0.6) is 0 Å². The average Bonchev–Trinajstić information content (AvgIpc) is 3.37. The van der Waals surface area contributed by atoms with Gasteiger partial charge in [-0.25, -0.2) is 19.9 Å². The Kier molecular flexibility index (Phi) is 5.14. The van der Waals surface area contributed by atoms with E-state index in [9.17, 15) is 0 Å². The van der Waals surface area contributed by atoms with Gasteiger partial charge in [0.2, 0.25) is 0 Å². The highest BCUT2D eigenvalue weighted by molar-refractivity contribution is 5.95. The molecule has 0 radical (unpaired) electrons. The van der Waals surface area contributed by atoms with E-state index in [1.54, 1.807) is 0 Å². The molecule has 4 aromatic carbocycles. The molecular weight excluding hydrogens is 536 g/mol. The molecule has 2 heterocycles. The van der Waals surface area contributed by atoms with Crippen LogP contribution in [-0.4, -0.2) is 19.9 Å². The molecule has 2 aromatic heterocycles. The summed E-state index contributed by atoms with van der Waals surface area (Å²) < 4.78 is 0. The lowest BCUT2D eigenvalue weighted by molar-refractivity contribution is -0.0415. The highest BCUT2D eigenvalue weighted by Crippen LogP contribution is 2.69. The summed E-state index contributed by atoms with van der Waals surface area (Å²) >= 11 is 0. The fraction of sp³-hybridized carbons (Fsp3) is 0.250. The van der Waals surface area contributed by atoms with E-state index in [0.717, 1.165) is 34.0 Å². The zero-order valence-corrected chi connectivity index (χ0v) is 24.5. The maximum absolute atomic E-state index is 5.62. The fourth-order valence-corrected chi connectivity index (χ4v) is 9.82. The van der Waals surface area contributed by atoms with E-state index >= 15 is 0 Å². The smallest absolute Gasteiger partial charge is 0.182 e. The molecule has 5 aliphatic rings. The summed E-state index contributed by atoms with van der Waals surface area (Å²) in [6, 6.07) is 38.7.